The summed E-state index contributed by atoms with van der Waals surface area (Å²) in [6.45, 7) is 3.12. The Balaban J connectivity index is 1.57. The van der Waals surface area contributed by atoms with Gasteiger partial charge in [0.2, 0.25) is 0 Å². The highest BCUT2D eigenvalue weighted by Gasteiger charge is 2.18. The fourth-order valence-electron chi connectivity index (χ4n) is 3.87. The molecule has 0 radical (unpaired) electrons. The SMILES string of the molecule is O=c1cc(N2CCOCC2)oc2c(-c3ccccc3OCc3ccccc3)cccc12. The molecule has 0 bridgehead atoms. The van der Waals surface area contributed by atoms with E-state index in [4.69, 9.17) is 13.9 Å². The molecule has 1 aliphatic heterocycles. The van der Waals surface area contributed by atoms with E-state index in [0.29, 0.717) is 49.8 Å². The minimum atomic E-state index is -0.0488. The number of hydrogen-bond donors (Lipinski definition) is 0. The van der Waals surface area contributed by atoms with Gasteiger partial charge < -0.3 is 18.8 Å². The lowest BCUT2D eigenvalue weighted by Gasteiger charge is -2.27. The van der Waals surface area contributed by atoms with E-state index in [2.05, 4.69) is 4.90 Å². The van der Waals surface area contributed by atoms with Crippen molar-refractivity contribution < 1.29 is 13.9 Å². The van der Waals surface area contributed by atoms with Gasteiger partial charge in [-0.15, -0.1) is 0 Å². The van der Waals surface area contributed by atoms with E-state index in [1.807, 2.05) is 66.7 Å². The van der Waals surface area contributed by atoms with Crippen LogP contribution in [0.1, 0.15) is 5.56 Å². The van der Waals surface area contributed by atoms with Crippen molar-refractivity contribution in [2.45, 2.75) is 6.61 Å². The summed E-state index contributed by atoms with van der Waals surface area (Å²) in [5.41, 5.74) is 3.36. The Bertz CT molecular complexity index is 1240. The van der Waals surface area contributed by atoms with Crippen LogP contribution in [0.5, 0.6) is 5.75 Å². The van der Waals surface area contributed by atoms with Crippen molar-refractivity contribution in [1.29, 1.82) is 0 Å². The Labute approximate surface area is 180 Å². The van der Waals surface area contributed by atoms with E-state index >= 15 is 0 Å². The first-order valence-electron chi connectivity index (χ1n) is 10.5. The molecule has 5 heteroatoms. The second-order valence-corrected chi connectivity index (χ2v) is 7.50. The van der Waals surface area contributed by atoms with E-state index in [0.717, 1.165) is 22.4 Å². The average molecular weight is 413 g/mol. The third-order valence-corrected chi connectivity index (χ3v) is 5.48. The maximum Gasteiger partial charge on any atom is 0.200 e. The Kier molecular flexibility index (Phi) is 5.42. The van der Waals surface area contributed by atoms with Crippen molar-refractivity contribution >= 4 is 16.9 Å². The molecule has 1 fully saturated rings. The van der Waals surface area contributed by atoms with Gasteiger partial charge in [0, 0.05) is 30.3 Å². The van der Waals surface area contributed by atoms with E-state index in [9.17, 15) is 4.79 Å². The highest BCUT2D eigenvalue weighted by atomic mass is 16.5. The third-order valence-electron chi connectivity index (χ3n) is 5.48. The topological polar surface area (TPSA) is 51.9 Å². The molecule has 0 atom stereocenters. The smallest absolute Gasteiger partial charge is 0.200 e. The molecule has 0 unspecified atom stereocenters. The van der Waals surface area contributed by atoms with Crippen LogP contribution in [0.25, 0.3) is 22.1 Å². The van der Waals surface area contributed by atoms with Gasteiger partial charge in [0.05, 0.1) is 18.6 Å². The van der Waals surface area contributed by atoms with Crippen LogP contribution in [0, 0.1) is 0 Å². The molecule has 2 heterocycles. The zero-order chi connectivity index (χ0) is 21.0. The molecule has 5 nitrogen and oxygen atoms in total. The summed E-state index contributed by atoms with van der Waals surface area (Å²) in [6.07, 6.45) is 0. The van der Waals surface area contributed by atoms with Crippen molar-refractivity contribution in [3.8, 4) is 16.9 Å². The maximum absolute atomic E-state index is 12.9. The maximum atomic E-state index is 12.9. The second-order valence-electron chi connectivity index (χ2n) is 7.50. The van der Waals surface area contributed by atoms with Crippen LogP contribution in [0.15, 0.2) is 88.1 Å². The zero-order valence-electron chi connectivity index (χ0n) is 17.1. The number of benzene rings is 3. The number of anilines is 1. The molecule has 0 amide bonds. The molecule has 156 valence electrons. The summed E-state index contributed by atoms with van der Waals surface area (Å²) in [7, 11) is 0. The predicted octanol–water partition coefficient (Wildman–Crippen LogP) is 4.88. The molecule has 3 aromatic carbocycles. The minimum Gasteiger partial charge on any atom is -0.488 e. The first kappa shape index (κ1) is 19.4. The van der Waals surface area contributed by atoms with E-state index < -0.39 is 0 Å². The van der Waals surface area contributed by atoms with Gasteiger partial charge in [0.1, 0.15) is 17.9 Å². The molecule has 1 saturated heterocycles. The van der Waals surface area contributed by atoms with Gasteiger partial charge in [0.25, 0.3) is 0 Å². The van der Waals surface area contributed by atoms with Gasteiger partial charge in [-0.1, -0.05) is 60.7 Å². The number of nitrogens with zero attached hydrogens (tertiary/aromatic N) is 1. The number of para-hydroxylation sites is 2. The van der Waals surface area contributed by atoms with Crippen molar-refractivity contribution in [2.24, 2.45) is 0 Å². The van der Waals surface area contributed by atoms with Crippen molar-refractivity contribution in [1.82, 2.24) is 0 Å². The molecule has 31 heavy (non-hydrogen) atoms. The van der Waals surface area contributed by atoms with Crippen LogP contribution >= 0.6 is 0 Å². The number of fused-ring (bicyclic) bond motifs is 1. The first-order valence-corrected chi connectivity index (χ1v) is 10.5. The minimum absolute atomic E-state index is 0.0488. The fourth-order valence-corrected chi connectivity index (χ4v) is 3.87. The van der Waals surface area contributed by atoms with Gasteiger partial charge in [-0.25, -0.2) is 0 Å². The molecule has 0 spiro atoms. The van der Waals surface area contributed by atoms with Crippen molar-refractivity contribution in [3.05, 3.63) is 94.6 Å². The zero-order valence-corrected chi connectivity index (χ0v) is 17.1. The van der Waals surface area contributed by atoms with Crippen LogP contribution < -0.4 is 15.1 Å². The normalized spacial score (nSPS) is 14.0. The van der Waals surface area contributed by atoms with E-state index in [1.54, 1.807) is 12.1 Å². The lowest BCUT2D eigenvalue weighted by Crippen LogP contribution is -2.36. The lowest BCUT2D eigenvalue weighted by atomic mass is 10.0. The van der Waals surface area contributed by atoms with Crippen LogP contribution in [0.3, 0.4) is 0 Å². The number of hydrogen-bond acceptors (Lipinski definition) is 5. The number of ether oxygens (including phenoxy) is 2. The Morgan fingerprint density at radius 1 is 0.839 bits per heavy atom. The quantitative estimate of drug-likeness (QED) is 0.467. The molecule has 5 rings (SSSR count). The van der Waals surface area contributed by atoms with E-state index in [1.165, 1.54) is 0 Å². The fraction of sp³-hybridized carbons (Fsp3) is 0.192. The Morgan fingerprint density at radius 3 is 2.42 bits per heavy atom. The molecule has 0 saturated carbocycles. The average Bonchev–Trinajstić information content (AvgIpc) is 2.84. The second kappa shape index (κ2) is 8.66. The summed E-state index contributed by atoms with van der Waals surface area (Å²) in [6, 6.07) is 25.2. The summed E-state index contributed by atoms with van der Waals surface area (Å²) in [5.74, 6) is 1.33. The van der Waals surface area contributed by atoms with Gasteiger partial charge >= 0.3 is 0 Å². The number of morpholine rings is 1. The Hall–Kier alpha value is -3.57. The largest absolute Gasteiger partial charge is 0.488 e. The van der Waals surface area contributed by atoms with Crippen molar-refractivity contribution in [3.63, 3.8) is 0 Å². The monoisotopic (exact) mass is 413 g/mol. The van der Waals surface area contributed by atoms with Crippen LogP contribution in [-0.2, 0) is 11.3 Å². The summed E-state index contributed by atoms with van der Waals surface area (Å²) in [4.78, 5) is 14.9. The van der Waals surface area contributed by atoms with Gasteiger partial charge in [-0.3, -0.25) is 4.79 Å². The first-order chi connectivity index (χ1) is 15.3. The van der Waals surface area contributed by atoms with Crippen LogP contribution in [0.4, 0.5) is 5.88 Å². The third kappa shape index (κ3) is 4.05. The predicted molar refractivity (Wildman–Crippen MR) is 122 cm³/mol. The highest BCUT2D eigenvalue weighted by molar-refractivity contribution is 5.94. The highest BCUT2D eigenvalue weighted by Crippen LogP contribution is 2.36. The van der Waals surface area contributed by atoms with Gasteiger partial charge in [0.15, 0.2) is 11.3 Å². The molecule has 4 aromatic rings. The summed E-state index contributed by atoms with van der Waals surface area (Å²) < 4.78 is 17.9. The Morgan fingerprint density at radius 2 is 1.58 bits per heavy atom. The summed E-state index contributed by atoms with van der Waals surface area (Å²) >= 11 is 0. The molecule has 0 N–H and O–H groups in total. The number of rotatable bonds is 5. The molecular formula is C26H23NO4. The molecule has 1 aliphatic rings. The van der Waals surface area contributed by atoms with Crippen LogP contribution in [0.2, 0.25) is 0 Å². The van der Waals surface area contributed by atoms with Crippen molar-refractivity contribution in [2.75, 3.05) is 31.2 Å². The standard InChI is InChI=1S/C26H23NO4/c28-23-17-25(27-13-15-29-16-14-27)31-26-21(10-6-11-22(23)26)20-9-4-5-12-24(20)30-18-19-7-2-1-3-8-19/h1-12,17H,13-16,18H2. The van der Waals surface area contributed by atoms with Crippen LogP contribution in [-0.4, -0.2) is 26.3 Å². The van der Waals surface area contributed by atoms with E-state index in [-0.39, 0.29) is 5.43 Å². The molecule has 1 aromatic heterocycles. The lowest BCUT2D eigenvalue weighted by molar-refractivity contribution is 0.121. The molecule has 0 aliphatic carbocycles. The van der Waals surface area contributed by atoms with Gasteiger partial charge in [-0.05, 0) is 17.7 Å². The summed E-state index contributed by atoms with van der Waals surface area (Å²) in [5, 5.41) is 0.562. The molecular weight excluding hydrogens is 390 g/mol. The van der Waals surface area contributed by atoms with Gasteiger partial charge in [-0.2, -0.15) is 0 Å².